The Labute approximate surface area is 106 Å². The van der Waals surface area contributed by atoms with E-state index in [9.17, 15) is 0 Å². The van der Waals surface area contributed by atoms with Gasteiger partial charge in [-0.2, -0.15) is 5.26 Å². The molecule has 1 aromatic heterocycles. The lowest BCUT2D eigenvalue weighted by molar-refractivity contribution is 0.579. The number of hydrogen-bond donors (Lipinski definition) is 0. The van der Waals surface area contributed by atoms with E-state index in [4.69, 9.17) is 5.26 Å². The van der Waals surface area contributed by atoms with Crippen LogP contribution in [0.5, 0.6) is 0 Å². The molecule has 0 unspecified atom stereocenters. The Hall–Kier alpha value is -2.15. The van der Waals surface area contributed by atoms with Crippen LogP contribution in [0.4, 0.5) is 5.69 Å². The number of rotatable bonds is 1. The standard InChI is InChI=1S/C14H14N4/c15-10-11-4-5-12(18-8-2-1-3-9-18)14-13(11)16-6-7-17-14/h4-7H,1-3,8-9H2. The van der Waals surface area contributed by atoms with Gasteiger partial charge >= 0.3 is 0 Å². The van der Waals surface area contributed by atoms with Gasteiger partial charge in [0.05, 0.1) is 11.3 Å². The minimum absolute atomic E-state index is 0.596. The second kappa shape index (κ2) is 4.61. The lowest BCUT2D eigenvalue weighted by atomic mass is 10.1. The average Bonchev–Trinajstić information content (AvgIpc) is 2.47. The maximum Gasteiger partial charge on any atom is 0.113 e. The summed E-state index contributed by atoms with van der Waals surface area (Å²) in [5.74, 6) is 0. The molecule has 1 saturated heterocycles. The van der Waals surface area contributed by atoms with Crippen LogP contribution >= 0.6 is 0 Å². The number of nitriles is 1. The second-order valence-electron chi connectivity index (χ2n) is 4.55. The molecule has 4 heteroatoms. The van der Waals surface area contributed by atoms with Crippen molar-refractivity contribution in [3.8, 4) is 6.07 Å². The van der Waals surface area contributed by atoms with Crippen molar-refractivity contribution in [1.82, 2.24) is 9.97 Å². The number of benzene rings is 1. The van der Waals surface area contributed by atoms with Crippen LogP contribution < -0.4 is 4.90 Å². The average molecular weight is 238 g/mol. The van der Waals surface area contributed by atoms with Gasteiger partial charge in [0.1, 0.15) is 17.1 Å². The molecule has 1 aliphatic rings. The third-order valence-corrected chi connectivity index (χ3v) is 3.42. The summed E-state index contributed by atoms with van der Waals surface area (Å²) >= 11 is 0. The summed E-state index contributed by atoms with van der Waals surface area (Å²) < 4.78 is 0. The Balaban J connectivity index is 2.15. The van der Waals surface area contributed by atoms with E-state index in [1.165, 1.54) is 19.3 Å². The van der Waals surface area contributed by atoms with Crippen molar-refractivity contribution in [2.45, 2.75) is 19.3 Å². The summed E-state index contributed by atoms with van der Waals surface area (Å²) in [4.78, 5) is 11.1. The van der Waals surface area contributed by atoms with Gasteiger partial charge in [-0.05, 0) is 31.4 Å². The molecule has 1 aliphatic heterocycles. The molecule has 1 aromatic carbocycles. The van der Waals surface area contributed by atoms with Gasteiger partial charge in [0, 0.05) is 25.5 Å². The zero-order valence-electron chi connectivity index (χ0n) is 10.1. The van der Waals surface area contributed by atoms with Gasteiger partial charge in [0.25, 0.3) is 0 Å². The van der Waals surface area contributed by atoms with Crippen molar-refractivity contribution in [1.29, 1.82) is 5.26 Å². The number of hydrogen-bond acceptors (Lipinski definition) is 4. The predicted molar refractivity (Wildman–Crippen MR) is 70.3 cm³/mol. The molecule has 0 saturated carbocycles. The molecule has 3 rings (SSSR count). The monoisotopic (exact) mass is 238 g/mol. The molecular weight excluding hydrogens is 224 g/mol. The van der Waals surface area contributed by atoms with Gasteiger partial charge in [-0.25, -0.2) is 0 Å². The Morgan fingerprint density at radius 1 is 1.00 bits per heavy atom. The van der Waals surface area contributed by atoms with E-state index < -0.39 is 0 Å². The van der Waals surface area contributed by atoms with Gasteiger partial charge in [0.15, 0.2) is 0 Å². The first kappa shape index (κ1) is 11.0. The minimum atomic E-state index is 0.596. The molecule has 0 bridgehead atoms. The Bertz CT molecular complexity index is 609. The smallest absolute Gasteiger partial charge is 0.113 e. The van der Waals surface area contributed by atoms with E-state index in [0.717, 1.165) is 24.3 Å². The van der Waals surface area contributed by atoms with Gasteiger partial charge < -0.3 is 4.90 Å². The Kier molecular flexibility index (Phi) is 2.81. The van der Waals surface area contributed by atoms with Gasteiger partial charge in [0.2, 0.25) is 0 Å². The van der Waals surface area contributed by atoms with Crippen molar-refractivity contribution in [3.63, 3.8) is 0 Å². The topological polar surface area (TPSA) is 52.8 Å². The number of fused-ring (bicyclic) bond motifs is 1. The van der Waals surface area contributed by atoms with Crippen LogP contribution in [-0.2, 0) is 0 Å². The Morgan fingerprint density at radius 2 is 1.72 bits per heavy atom. The first-order chi connectivity index (χ1) is 8.90. The van der Waals surface area contributed by atoms with Gasteiger partial charge in [-0.15, -0.1) is 0 Å². The van der Waals surface area contributed by atoms with Crippen LogP contribution in [-0.4, -0.2) is 23.1 Å². The van der Waals surface area contributed by atoms with E-state index in [2.05, 4.69) is 20.9 Å². The SMILES string of the molecule is N#Cc1ccc(N2CCCCC2)c2nccnc12. The summed E-state index contributed by atoms with van der Waals surface area (Å²) in [6.07, 6.45) is 7.08. The Morgan fingerprint density at radius 3 is 2.44 bits per heavy atom. The fourth-order valence-corrected chi connectivity index (χ4v) is 2.52. The van der Waals surface area contributed by atoms with Crippen LogP contribution in [0.3, 0.4) is 0 Å². The van der Waals surface area contributed by atoms with E-state index in [1.54, 1.807) is 12.4 Å². The van der Waals surface area contributed by atoms with Crippen molar-refractivity contribution >= 4 is 16.7 Å². The van der Waals surface area contributed by atoms with E-state index >= 15 is 0 Å². The van der Waals surface area contributed by atoms with Gasteiger partial charge in [-0.1, -0.05) is 0 Å². The first-order valence-corrected chi connectivity index (χ1v) is 6.29. The second-order valence-corrected chi connectivity index (χ2v) is 4.55. The number of piperidine rings is 1. The zero-order chi connectivity index (χ0) is 12.4. The number of nitrogens with zero attached hydrogens (tertiary/aromatic N) is 4. The fourth-order valence-electron chi connectivity index (χ4n) is 2.52. The normalized spacial score (nSPS) is 15.6. The molecule has 90 valence electrons. The predicted octanol–water partition coefficient (Wildman–Crippen LogP) is 2.49. The highest BCUT2D eigenvalue weighted by Gasteiger charge is 2.16. The number of aromatic nitrogens is 2. The molecule has 2 aromatic rings. The molecule has 0 radical (unpaired) electrons. The maximum atomic E-state index is 9.11. The van der Waals surface area contributed by atoms with Crippen LogP contribution in [0.15, 0.2) is 24.5 Å². The van der Waals surface area contributed by atoms with Crippen molar-refractivity contribution in [2.24, 2.45) is 0 Å². The van der Waals surface area contributed by atoms with Crippen LogP contribution in [0.1, 0.15) is 24.8 Å². The zero-order valence-corrected chi connectivity index (χ0v) is 10.1. The molecule has 0 amide bonds. The highest BCUT2D eigenvalue weighted by Crippen LogP contribution is 2.28. The van der Waals surface area contributed by atoms with E-state index in [0.29, 0.717) is 11.1 Å². The molecule has 0 aliphatic carbocycles. The molecule has 18 heavy (non-hydrogen) atoms. The molecule has 0 spiro atoms. The number of anilines is 1. The van der Waals surface area contributed by atoms with E-state index in [-0.39, 0.29) is 0 Å². The van der Waals surface area contributed by atoms with Crippen molar-refractivity contribution in [2.75, 3.05) is 18.0 Å². The minimum Gasteiger partial charge on any atom is -0.370 e. The molecule has 1 fully saturated rings. The maximum absolute atomic E-state index is 9.11. The lowest BCUT2D eigenvalue weighted by Crippen LogP contribution is -2.29. The van der Waals surface area contributed by atoms with E-state index in [1.807, 2.05) is 12.1 Å². The molecular formula is C14H14N4. The largest absolute Gasteiger partial charge is 0.370 e. The molecule has 4 nitrogen and oxygen atoms in total. The highest BCUT2D eigenvalue weighted by atomic mass is 15.1. The molecule has 2 heterocycles. The van der Waals surface area contributed by atoms with Crippen molar-refractivity contribution in [3.05, 3.63) is 30.1 Å². The fraction of sp³-hybridized carbons (Fsp3) is 0.357. The van der Waals surface area contributed by atoms with Crippen LogP contribution in [0.2, 0.25) is 0 Å². The summed E-state index contributed by atoms with van der Waals surface area (Å²) in [6.45, 7) is 2.13. The highest BCUT2D eigenvalue weighted by molar-refractivity contribution is 5.91. The third-order valence-electron chi connectivity index (χ3n) is 3.42. The quantitative estimate of drug-likeness (QED) is 0.766. The van der Waals surface area contributed by atoms with Crippen molar-refractivity contribution < 1.29 is 0 Å². The first-order valence-electron chi connectivity index (χ1n) is 6.29. The van der Waals surface area contributed by atoms with Crippen LogP contribution in [0.25, 0.3) is 11.0 Å². The molecule has 0 atom stereocenters. The molecule has 0 N–H and O–H groups in total. The van der Waals surface area contributed by atoms with Gasteiger partial charge in [-0.3, -0.25) is 9.97 Å². The summed E-state index contributed by atoms with van der Waals surface area (Å²) in [7, 11) is 0. The lowest BCUT2D eigenvalue weighted by Gasteiger charge is -2.29. The van der Waals surface area contributed by atoms with Crippen LogP contribution in [0, 0.1) is 11.3 Å². The summed E-state index contributed by atoms with van der Waals surface area (Å²) in [5.41, 5.74) is 3.26. The summed E-state index contributed by atoms with van der Waals surface area (Å²) in [6, 6.07) is 6.03. The summed E-state index contributed by atoms with van der Waals surface area (Å²) in [5, 5.41) is 9.11. The third kappa shape index (κ3) is 1.78.